The quantitative estimate of drug-likeness (QED) is 0.367. The fraction of sp³-hybridized carbons (Fsp3) is 0.346. The Morgan fingerprint density at radius 1 is 1.23 bits per heavy atom. The second-order valence-electron chi connectivity index (χ2n) is 8.89. The van der Waals surface area contributed by atoms with Crippen molar-refractivity contribution in [2.45, 2.75) is 25.4 Å². The first-order valence-electron chi connectivity index (χ1n) is 11.8. The number of hydrogen-bond donors (Lipinski definition) is 4. The third kappa shape index (κ3) is 4.91. The molecule has 1 aromatic carbocycles. The highest BCUT2D eigenvalue weighted by Gasteiger charge is 2.37. The highest BCUT2D eigenvalue weighted by Crippen LogP contribution is 2.38. The van der Waals surface area contributed by atoms with Crippen molar-refractivity contribution in [2.24, 2.45) is 5.92 Å². The van der Waals surface area contributed by atoms with Crippen LogP contribution < -0.4 is 21.3 Å². The van der Waals surface area contributed by atoms with E-state index < -0.39 is 5.97 Å². The second kappa shape index (κ2) is 9.89. The third-order valence-corrected chi connectivity index (χ3v) is 6.54. The van der Waals surface area contributed by atoms with Gasteiger partial charge in [-0.1, -0.05) is 12.2 Å². The standard InChI is InChI=1S/C26H28N4O5/c1-34-26(33)16-4-7-19-22(12-16)30-25(32)24(19)21-8-5-15-11-17(6-9-20(15)29-21)28-23(31)14-27-13-18-3-2-10-35-18/h4-6,8-9,11-12,18-19,27,29H,2-3,7,10,13-14H2,1H3,(H,28,31)(H,30,32)/b24-21-. The summed E-state index contributed by atoms with van der Waals surface area (Å²) < 4.78 is 10.3. The number of rotatable bonds is 6. The zero-order valence-corrected chi connectivity index (χ0v) is 19.5. The van der Waals surface area contributed by atoms with Crippen LogP contribution in [0.2, 0.25) is 0 Å². The maximum Gasteiger partial charge on any atom is 0.337 e. The van der Waals surface area contributed by atoms with Crippen LogP contribution in [0.1, 0.15) is 24.8 Å². The van der Waals surface area contributed by atoms with E-state index in [2.05, 4.69) is 21.3 Å². The van der Waals surface area contributed by atoms with E-state index in [0.717, 1.165) is 30.7 Å². The SMILES string of the molecule is COC(=O)C1=CCC2C(=C1)NC(=O)/C2=C1/C=Cc2cc(NC(=O)CNCC3CCCO3)ccc2N1. The van der Waals surface area contributed by atoms with Gasteiger partial charge in [-0.25, -0.2) is 4.79 Å². The van der Waals surface area contributed by atoms with Crippen LogP contribution in [-0.2, 0) is 23.9 Å². The van der Waals surface area contributed by atoms with E-state index in [0.29, 0.717) is 41.2 Å². The molecule has 0 saturated carbocycles. The van der Waals surface area contributed by atoms with E-state index in [1.54, 1.807) is 12.2 Å². The second-order valence-corrected chi connectivity index (χ2v) is 8.89. The van der Waals surface area contributed by atoms with Crippen LogP contribution in [0.4, 0.5) is 11.4 Å². The Bertz CT molecular complexity index is 1190. The number of ether oxygens (including phenoxy) is 2. The fourth-order valence-corrected chi connectivity index (χ4v) is 4.79. The molecular formula is C26H28N4O5. The van der Waals surface area contributed by atoms with Gasteiger partial charge < -0.3 is 30.7 Å². The minimum Gasteiger partial charge on any atom is -0.465 e. The van der Waals surface area contributed by atoms with Crippen LogP contribution >= 0.6 is 0 Å². The molecule has 0 aromatic heterocycles. The lowest BCUT2D eigenvalue weighted by Crippen LogP contribution is -2.33. The van der Waals surface area contributed by atoms with Crippen molar-refractivity contribution in [3.05, 3.63) is 64.5 Å². The summed E-state index contributed by atoms with van der Waals surface area (Å²) in [6.07, 6.45) is 10.1. The molecule has 3 heterocycles. The zero-order valence-electron chi connectivity index (χ0n) is 19.5. The number of amides is 2. The Hall–Kier alpha value is -3.69. The Balaban J connectivity index is 1.24. The number of nitrogens with one attached hydrogen (secondary N) is 4. The molecule has 2 amide bonds. The van der Waals surface area contributed by atoms with Crippen molar-refractivity contribution >= 4 is 35.2 Å². The van der Waals surface area contributed by atoms with Crippen LogP contribution in [0.25, 0.3) is 6.08 Å². The summed E-state index contributed by atoms with van der Waals surface area (Å²) in [7, 11) is 1.34. The number of allylic oxidation sites excluding steroid dienone is 3. The molecule has 3 aliphatic heterocycles. The van der Waals surface area contributed by atoms with Crippen LogP contribution in [-0.4, -0.2) is 50.7 Å². The van der Waals surface area contributed by atoms with Gasteiger partial charge in [0.1, 0.15) is 0 Å². The molecule has 2 atom stereocenters. The van der Waals surface area contributed by atoms with Crippen LogP contribution in [0.5, 0.6) is 0 Å². The monoisotopic (exact) mass is 476 g/mol. The molecule has 2 unspecified atom stereocenters. The highest BCUT2D eigenvalue weighted by atomic mass is 16.5. The van der Waals surface area contributed by atoms with Crippen molar-refractivity contribution in [3.8, 4) is 0 Å². The molecule has 1 aliphatic carbocycles. The van der Waals surface area contributed by atoms with E-state index in [1.807, 2.05) is 30.4 Å². The lowest BCUT2D eigenvalue weighted by molar-refractivity contribution is -0.135. The Kier molecular flexibility index (Phi) is 6.52. The molecule has 1 aromatic rings. The van der Waals surface area contributed by atoms with Gasteiger partial charge >= 0.3 is 5.97 Å². The molecule has 0 spiro atoms. The van der Waals surface area contributed by atoms with Crippen molar-refractivity contribution < 1.29 is 23.9 Å². The van der Waals surface area contributed by atoms with Gasteiger partial charge in [0.05, 0.1) is 25.3 Å². The van der Waals surface area contributed by atoms with E-state index in [-0.39, 0.29) is 30.4 Å². The van der Waals surface area contributed by atoms with E-state index in [1.165, 1.54) is 7.11 Å². The summed E-state index contributed by atoms with van der Waals surface area (Å²) in [5.74, 6) is -0.865. The van der Waals surface area contributed by atoms with Crippen molar-refractivity contribution in [2.75, 3.05) is 37.4 Å². The van der Waals surface area contributed by atoms with E-state index in [4.69, 9.17) is 9.47 Å². The summed E-state index contributed by atoms with van der Waals surface area (Å²) in [4.78, 5) is 36.9. The topological polar surface area (TPSA) is 118 Å². The first kappa shape index (κ1) is 23.1. The van der Waals surface area contributed by atoms with Gasteiger partial charge in [0.2, 0.25) is 5.91 Å². The Morgan fingerprint density at radius 2 is 2.11 bits per heavy atom. The summed E-state index contributed by atoms with van der Waals surface area (Å²) in [5.41, 5.74) is 4.95. The normalized spacial score (nSPS) is 24.5. The lowest BCUT2D eigenvalue weighted by atomic mass is 9.88. The molecule has 0 bridgehead atoms. The highest BCUT2D eigenvalue weighted by molar-refractivity contribution is 6.03. The first-order valence-corrected chi connectivity index (χ1v) is 11.8. The molecule has 2 fully saturated rings. The Labute approximate surface area is 203 Å². The molecule has 9 nitrogen and oxygen atoms in total. The average molecular weight is 477 g/mol. The van der Waals surface area contributed by atoms with Crippen molar-refractivity contribution in [1.29, 1.82) is 0 Å². The molecule has 4 N–H and O–H groups in total. The van der Waals surface area contributed by atoms with Gasteiger partial charge in [-0.2, -0.15) is 0 Å². The van der Waals surface area contributed by atoms with Gasteiger partial charge in [-0.05, 0) is 49.6 Å². The van der Waals surface area contributed by atoms with Gasteiger partial charge in [0, 0.05) is 53.0 Å². The summed E-state index contributed by atoms with van der Waals surface area (Å²) >= 11 is 0. The smallest absolute Gasteiger partial charge is 0.337 e. The molecular weight excluding hydrogens is 448 g/mol. The third-order valence-electron chi connectivity index (χ3n) is 6.54. The largest absolute Gasteiger partial charge is 0.465 e. The van der Waals surface area contributed by atoms with Gasteiger partial charge in [-0.15, -0.1) is 0 Å². The molecule has 4 aliphatic rings. The number of anilines is 2. The molecule has 5 rings (SSSR count). The minimum atomic E-state index is -0.419. The van der Waals surface area contributed by atoms with Crippen LogP contribution in [0.15, 0.2) is 59.0 Å². The molecule has 35 heavy (non-hydrogen) atoms. The van der Waals surface area contributed by atoms with Gasteiger partial charge in [-0.3, -0.25) is 9.59 Å². The number of hydrogen-bond acceptors (Lipinski definition) is 7. The summed E-state index contributed by atoms with van der Waals surface area (Å²) in [6, 6.07) is 5.61. The molecule has 182 valence electrons. The zero-order chi connectivity index (χ0) is 24.4. The number of fused-ring (bicyclic) bond motifs is 2. The number of carbonyl (C=O) groups excluding carboxylic acids is 3. The number of benzene rings is 1. The predicted molar refractivity (Wildman–Crippen MR) is 131 cm³/mol. The molecule has 0 radical (unpaired) electrons. The minimum absolute atomic E-state index is 0.114. The Morgan fingerprint density at radius 3 is 2.91 bits per heavy atom. The van der Waals surface area contributed by atoms with Crippen LogP contribution in [0, 0.1) is 5.92 Å². The number of methoxy groups -OCH3 is 1. The van der Waals surface area contributed by atoms with Gasteiger partial charge in [0.25, 0.3) is 5.91 Å². The molecule has 9 heteroatoms. The maximum absolute atomic E-state index is 12.8. The summed E-state index contributed by atoms with van der Waals surface area (Å²) in [6.45, 7) is 1.69. The van der Waals surface area contributed by atoms with E-state index >= 15 is 0 Å². The van der Waals surface area contributed by atoms with Crippen molar-refractivity contribution in [1.82, 2.24) is 10.6 Å². The van der Waals surface area contributed by atoms with E-state index in [9.17, 15) is 14.4 Å². The maximum atomic E-state index is 12.8. The number of esters is 1. The van der Waals surface area contributed by atoms with Gasteiger partial charge in [0.15, 0.2) is 0 Å². The molecule has 2 saturated heterocycles. The fourth-order valence-electron chi connectivity index (χ4n) is 4.79. The lowest BCUT2D eigenvalue weighted by Gasteiger charge is -2.21. The summed E-state index contributed by atoms with van der Waals surface area (Å²) in [5, 5.41) is 12.3. The number of carbonyl (C=O) groups is 3. The average Bonchev–Trinajstić information content (AvgIpc) is 3.49. The van der Waals surface area contributed by atoms with Crippen molar-refractivity contribution in [3.63, 3.8) is 0 Å². The van der Waals surface area contributed by atoms with Crippen LogP contribution in [0.3, 0.4) is 0 Å². The predicted octanol–water partition coefficient (Wildman–Crippen LogP) is 2.22. The first-order chi connectivity index (χ1) is 17.0.